The number of carbonyl (C=O) groups is 2. The van der Waals surface area contributed by atoms with Crippen LogP contribution in [0, 0.1) is 5.92 Å². The van der Waals surface area contributed by atoms with Crippen LogP contribution < -0.4 is 4.90 Å². The van der Waals surface area contributed by atoms with Crippen LogP contribution in [0.25, 0.3) is 0 Å². The number of aromatic nitrogens is 3. The number of likely N-dealkylation sites (tertiary alicyclic amines) is 1. The van der Waals surface area contributed by atoms with Gasteiger partial charge in [0, 0.05) is 48.5 Å². The molecule has 1 aliphatic carbocycles. The molecular weight excluding hydrogens is 398 g/mol. The number of thioether (sulfide) groups is 1. The molecule has 1 atom stereocenters. The van der Waals surface area contributed by atoms with Crippen molar-refractivity contribution >= 4 is 29.3 Å². The van der Waals surface area contributed by atoms with Gasteiger partial charge in [-0.1, -0.05) is 0 Å². The molecule has 30 heavy (non-hydrogen) atoms. The lowest BCUT2D eigenvalue weighted by molar-refractivity contribution is -0.136. The number of nitrogens with one attached hydrogen (secondary N) is 1. The van der Waals surface area contributed by atoms with Gasteiger partial charge in [0.05, 0.1) is 5.92 Å². The summed E-state index contributed by atoms with van der Waals surface area (Å²) in [6.45, 7) is 1.91. The lowest BCUT2D eigenvalue weighted by atomic mass is 9.95. The standard InChI is InChI=1S/C22H27N5O2S/c1-30-18-6-4-17(5-7-18)27-13-16(12-19(27)28)22(29)26-10-8-15(9-11-26)21-23-20(24-25-21)14-2-3-14/h4-7,14-16H,2-3,8-13H2,1H3,(H,23,24,25). The monoisotopic (exact) mass is 425 g/mol. The molecule has 158 valence electrons. The van der Waals surface area contributed by atoms with Crippen LogP contribution in [-0.4, -0.2) is 57.8 Å². The first-order chi connectivity index (χ1) is 14.6. The van der Waals surface area contributed by atoms with Gasteiger partial charge in [-0.2, -0.15) is 5.10 Å². The Morgan fingerprint density at radius 1 is 1.10 bits per heavy atom. The molecule has 3 heterocycles. The average molecular weight is 426 g/mol. The van der Waals surface area contributed by atoms with Crippen LogP contribution in [0.15, 0.2) is 29.2 Å². The van der Waals surface area contributed by atoms with E-state index in [1.165, 1.54) is 12.8 Å². The van der Waals surface area contributed by atoms with Crippen LogP contribution in [0.5, 0.6) is 0 Å². The normalized spacial score (nSPS) is 22.7. The van der Waals surface area contributed by atoms with Crippen LogP contribution in [0.2, 0.25) is 0 Å². The summed E-state index contributed by atoms with van der Waals surface area (Å²) in [7, 11) is 0. The highest BCUT2D eigenvalue weighted by Gasteiger charge is 2.38. The molecule has 7 nitrogen and oxygen atoms in total. The number of hydrogen-bond donors (Lipinski definition) is 1. The minimum absolute atomic E-state index is 0.0365. The lowest BCUT2D eigenvalue weighted by Gasteiger charge is -2.32. The molecule has 1 aromatic carbocycles. The second kappa shape index (κ2) is 8.06. The molecule has 0 spiro atoms. The Kier molecular flexibility index (Phi) is 5.26. The largest absolute Gasteiger partial charge is 0.342 e. The molecule has 2 amide bonds. The molecule has 2 aliphatic heterocycles. The fourth-order valence-corrected chi connectivity index (χ4v) is 4.92. The number of amides is 2. The first-order valence-corrected chi connectivity index (χ1v) is 12.0. The highest BCUT2D eigenvalue weighted by atomic mass is 32.2. The Labute approximate surface area is 180 Å². The number of rotatable bonds is 5. The lowest BCUT2D eigenvalue weighted by Crippen LogP contribution is -2.42. The fraction of sp³-hybridized carbons (Fsp3) is 0.545. The van der Waals surface area contributed by atoms with Crippen molar-refractivity contribution in [2.24, 2.45) is 5.92 Å². The quantitative estimate of drug-likeness (QED) is 0.744. The number of carbonyl (C=O) groups excluding carboxylic acids is 2. The zero-order valence-electron chi connectivity index (χ0n) is 17.2. The maximum absolute atomic E-state index is 13.1. The van der Waals surface area contributed by atoms with E-state index < -0.39 is 0 Å². The molecule has 8 heteroatoms. The number of nitrogens with zero attached hydrogens (tertiary/aromatic N) is 4. The minimum Gasteiger partial charge on any atom is -0.342 e. The van der Waals surface area contributed by atoms with Crippen molar-refractivity contribution in [3.8, 4) is 0 Å². The van der Waals surface area contributed by atoms with Crippen LogP contribution >= 0.6 is 11.8 Å². The molecule has 1 saturated carbocycles. The van der Waals surface area contributed by atoms with Gasteiger partial charge in [-0.15, -0.1) is 11.8 Å². The number of aromatic amines is 1. The number of benzene rings is 1. The maximum Gasteiger partial charge on any atom is 0.228 e. The first kappa shape index (κ1) is 19.6. The SMILES string of the molecule is CSc1ccc(N2CC(C(=O)N3CCC(c4nc(C5CC5)n[nH]4)CC3)CC2=O)cc1. The Bertz CT molecular complexity index is 931. The van der Waals surface area contributed by atoms with Gasteiger partial charge >= 0.3 is 0 Å². The summed E-state index contributed by atoms with van der Waals surface area (Å²) in [5.41, 5.74) is 0.878. The Morgan fingerprint density at radius 3 is 2.50 bits per heavy atom. The number of hydrogen-bond acceptors (Lipinski definition) is 5. The summed E-state index contributed by atoms with van der Waals surface area (Å²) in [5.74, 6) is 2.72. The van der Waals surface area contributed by atoms with Gasteiger partial charge in [0.1, 0.15) is 5.82 Å². The van der Waals surface area contributed by atoms with Crippen LogP contribution in [0.4, 0.5) is 5.69 Å². The fourth-order valence-electron chi connectivity index (χ4n) is 4.51. The van der Waals surface area contributed by atoms with E-state index >= 15 is 0 Å². The van der Waals surface area contributed by atoms with Gasteiger partial charge in [-0.25, -0.2) is 4.98 Å². The number of H-pyrrole nitrogens is 1. The van der Waals surface area contributed by atoms with Gasteiger partial charge in [0.25, 0.3) is 0 Å². The van der Waals surface area contributed by atoms with Crippen molar-refractivity contribution in [3.63, 3.8) is 0 Å². The van der Waals surface area contributed by atoms with E-state index in [0.717, 1.165) is 48.2 Å². The van der Waals surface area contributed by atoms with E-state index in [-0.39, 0.29) is 17.7 Å². The maximum atomic E-state index is 13.1. The van der Waals surface area contributed by atoms with Gasteiger partial charge in [-0.3, -0.25) is 14.7 Å². The van der Waals surface area contributed by atoms with Crippen LogP contribution in [0.3, 0.4) is 0 Å². The highest BCUT2D eigenvalue weighted by Crippen LogP contribution is 2.39. The molecule has 2 aromatic rings. The molecule has 0 bridgehead atoms. The first-order valence-electron chi connectivity index (χ1n) is 10.8. The van der Waals surface area contributed by atoms with E-state index in [1.54, 1.807) is 16.7 Å². The highest BCUT2D eigenvalue weighted by molar-refractivity contribution is 7.98. The van der Waals surface area contributed by atoms with Crippen molar-refractivity contribution in [1.82, 2.24) is 20.1 Å². The van der Waals surface area contributed by atoms with Crippen LogP contribution in [0.1, 0.15) is 55.6 Å². The van der Waals surface area contributed by atoms with E-state index in [4.69, 9.17) is 0 Å². The van der Waals surface area contributed by atoms with Gasteiger partial charge in [0.2, 0.25) is 11.8 Å². The van der Waals surface area contributed by atoms with E-state index in [1.807, 2.05) is 35.4 Å². The van der Waals surface area contributed by atoms with Gasteiger partial charge in [-0.05, 0) is 56.2 Å². The Hall–Kier alpha value is -2.35. The summed E-state index contributed by atoms with van der Waals surface area (Å²) in [6.07, 6.45) is 6.52. The number of anilines is 1. The van der Waals surface area contributed by atoms with Gasteiger partial charge < -0.3 is 9.80 Å². The summed E-state index contributed by atoms with van der Waals surface area (Å²) in [6, 6.07) is 7.97. The van der Waals surface area contributed by atoms with Crippen molar-refractivity contribution < 1.29 is 9.59 Å². The molecule has 1 unspecified atom stereocenters. The van der Waals surface area contributed by atoms with Crippen LogP contribution in [-0.2, 0) is 9.59 Å². The van der Waals surface area contributed by atoms with Crippen molar-refractivity contribution in [2.45, 2.75) is 48.8 Å². The smallest absolute Gasteiger partial charge is 0.228 e. The zero-order chi connectivity index (χ0) is 20.7. The zero-order valence-corrected chi connectivity index (χ0v) is 18.0. The van der Waals surface area contributed by atoms with Crippen molar-refractivity contribution in [2.75, 3.05) is 30.8 Å². The van der Waals surface area contributed by atoms with E-state index in [0.29, 0.717) is 24.8 Å². The Morgan fingerprint density at radius 2 is 1.83 bits per heavy atom. The third-order valence-corrected chi connectivity index (χ3v) is 7.26. The summed E-state index contributed by atoms with van der Waals surface area (Å²) in [5, 5.41) is 7.48. The second-order valence-electron chi connectivity index (χ2n) is 8.56. The van der Waals surface area contributed by atoms with Crippen molar-refractivity contribution in [3.05, 3.63) is 35.9 Å². The number of piperidine rings is 1. The molecule has 1 aromatic heterocycles. The molecule has 0 radical (unpaired) electrons. The predicted molar refractivity (Wildman–Crippen MR) is 116 cm³/mol. The van der Waals surface area contributed by atoms with E-state index in [2.05, 4.69) is 15.2 Å². The van der Waals surface area contributed by atoms with Crippen molar-refractivity contribution in [1.29, 1.82) is 0 Å². The molecule has 2 saturated heterocycles. The minimum atomic E-state index is -0.249. The Balaban J connectivity index is 1.17. The third kappa shape index (κ3) is 3.85. The summed E-state index contributed by atoms with van der Waals surface area (Å²) >= 11 is 1.67. The van der Waals surface area contributed by atoms with E-state index in [9.17, 15) is 9.59 Å². The molecular formula is C22H27N5O2S. The average Bonchev–Trinajstić information content (AvgIpc) is 3.39. The predicted octanol–water partition coefficient (Wildman–Crippen LogP) is 3.16. The molecule has 5 rings (SSSR count). The molecule has 3 aliphatic rings. The second-order valence-corrected chi connectivity index (χ2v) is 9.44. The molecule has 3 fully saturated rings. The third-order valence-electron chi connectivity index (χ3n) is 6.51. The molecule has 1 N–H and O–H groups in total. The summed E-state index contributed by atoms with van der Waals surface area (Å²) < 4.78 is 0. The van der Waals surface area contributed by atoms with Gasteiger partial charge in [0.15, 0.2) is 5.82 Å². The summed E-state index contributed by atoms with van der Waals surface area (Å²) in [4.78, 5) is 35.2. The topological polar surface area (TPSA) is 82.2 Å².